The van der Waals surface area contributed by atoms with E-state index in [2.05, 4.69) is 5.32 Å². The van der Waals surface area contributed by atoms with Gasteiger partial charge in [0.05, 0.1) is 12.1 Å². The summed E-state index contributed by atoms with van der Waals surface area (Å²) in [7, 11) is 0. The van der Waals surface area contributed by atoms with E-state index in [1.54, 1.807) is 26.0 Å². The van der Waals surface area contributed by atoms with Gasteiger partial charge in [-0.1, -0.05) is 24.6 Å². The molecule has 0 amide bonds. The highest BCUT2D eigenvalue weighted by Crippen LogP contribution is 2.37. The van der Waals surface area contributed by atoms with Crippen LogP contribution in [0.2, 0.25) is 5.02 Å². The van der Waals surface area contributed by atoms with Gasteiger partial charge in [-0.3, -0.25) is 5.32 Å². The number of hydrogen-bond donors (Lipinski definition) is 1. The number of carbonyl (C=O) groups is 2. The van der Waals surface area contributed by atoms with Crippen molar-refractivity contribution in [3.63, 3.8) is 0 Å². The normalized spacial score (nSPS) is 15.5. The first kappa shape index (κ1) is 13.6. The van der Waals surface area contributed by atoms with Crippen LogP contribution in [0.3, 0.4) is 0 Å². The van der Waals surface area contributed by atoms with E-state index in [9.17, 15) is 14.7 Å². The van der Waals surface area contributed by atoms with Gasteiger partial charge < -0.3 is 9.90 Å². The van der Waals surface area contributed by atoms with Crippen LogP contribution < -0.4 is 5.32 Å². The summed E-state index contributed by atoms with van der Waals surface area (Å²) in [6, 6.07) is 3.40. The average Bonchev–Trinajstić information content (AvgIpc) is 2.37. The molecule has 0 saturated carbocycles. The smallest absolute Gasteiger partial charge is 0.338 e. The molecule has 0 fully saturated rings. The van der Waals surface area contributed by atoms with Gasteiger partial charge in [-0.2, -0.15) is 0 Å². The molecule has 1 heterocycles. The van der Waals surface area contributed by atoms with Crippen LogP contribution in [0, 0.1) is 0 Å². The minimum absolute atomic E-state index is 0.132. The molecule has 1 radical (unpaired) electrons. The van der Waals surface area contributed by atoms with E-state index in [0.29, 0.717) is 34.0 Å². The molecular formula is C14H13ClNO3. The predicted octanol–water partition coefficient (Wildman–Crippen LogP) is 2.58. The van der Waals surface area contributed by atoms with Gasteiger partial charge >= 0.3 is 5.97 Å². The Balaban J connectivity index is 2.78. The van der Waals surface area contributed by atoms with Crippen LogP contribution >= 0.6 is 11.6 Å². The Hall–Kier alpha value is -1.81. The minimum atomic E-state index is -1.05. The fourth-order valence-electron chi connectivity index (χ4n) is 2.26. The summed E-state index contributed by atoms with van der Waals surface area (Å²) in [6.07, 6.45) is 0.796. The monoisotopic (exact) mass is 278 g/mol. The van der Waals surface area contributed by atoms with Gasteiger partial charge in [0.25, 0.3) is 0 Å². The van der Waals surface area contributed by atoms with Crippen molar-refractivity contribution in [1.82, 2.24) is 5.32 Å². The maximum Gasteiger partial charge on any atom is 0.338 e. The highest BCUT2D eigenvalue weighted by Gasteiger charge is 2.28. The number of nitrogens with zero attached hydrogens (tertiary/aromatic N) is 1. The third-order valence-corrected chi connectivity index (χ3v) is 3.64. The van der Waals surface area contributed by atoms with E-state index in [1.807, 2.05) is 0 Å². The van der Waals surface area contributed by atoms with Crippen molar-refractivity contribution >= 4 is 29.4 Å². The van der Waals surface area contributed by atoms with Gasteiger partial charge in [0, 0.05) is 27.8 Å². The standard InChI is InChI=1S/C14H13ClNO3/c1-7(6-17)9-3-4-11(15)10-5-16-8(2)12(13(9)10)14(18)19/h3-4,6-7H,5H2,1-2H3,(H,18,19). The van der Waals surface area contributed by atoms with Crippen molar-refractivity contribution in [2.75, 3.05) is 0 Å². The lowest BCUT2D eigenvalue weighted by molar-refractivity contribution is -0.130. The second-order valence-electron chi connectivity index (χ2n) is 4.50. The molecule has 0 bridgehead atoms. The Bertz CT molecular complexity index is 593. The maximum absolute atomic E-state index is 11.5. The zero-order valence-corrected chi connectivity index (χ0v) is 11.4. The number of carbonyl (C=O) groups excluding carboxylic acids is 1. The lowest BCUT2D eigenvalue weighted by Crippen LogP contribution is -2.20. The molecule has 1 unspecified atom stereocenters. The largest absolute Gasteiger partial charge is 0.478 e. The molecule has 1 atom stereocenters. The van der Waals surface area contributed by atoms with Crippen molar-refractivity contribution < 1.29 is 14.7 Å². The summed E-state index contributed by atoms with van der Waals surface area (Å²) in [6.45, 7) is 3.73. The van der Waals surface area contributed by atoms with Crippen LogP contribution in [0.15, 0.2) is 17.8 Å². The number of carboxylic acid groups (broad SMARTS) is 1. The van der Waals surface area contributed by atoms with E-state index in [4.69, 9.17) is 11.6 Å². The molecule has 4 nitrogen and oxygen atoms in total. The molecule has 1 aromatic carbocycles. The molecule has 0 aromatic heterocycles. The molecule has 99 valence electrons. The summed E-state index contributed by atoms with van der Waals surface area (Å²) in [5.41, 5.74) is 2.50. The van der Waals surface area contributed by atoms with Crippen molar-refractivity contribution in [3.8, 4) is 0 Å². The van der Waals surface area contributed by atoms with E-state index >= 15 is 0 Å². The fraction of sp³-hybridized carbons (Fsp3) is 0.286. The number of rotatable bonds is 3. The zero-order chi connectivity index (χ0) is 14.2. The lowest BCUT2D eigenvalue weighted by Gasteiger charge is -2.24. The Labute approximate surface area is 116 Å². The Morgan fingerprint density at radius 2 is 2.21 bits per heavy atom. The van der Waals surface area contributed by atoms with Crippen molar-refractivity contribution in [2.24, 2.45) is 0 Å². The number of aliphatic carboxylic acids is 1. The summed E-state index contributed by atoms with van der Waals surface area (Å²) in [5, 5.41) is 14.0. The molecular weight excluding hydrogens is 266 g/mol. The van der Waals surface area contributed by atoms with E-state index < -0.39 is 5.97 Å². The predicted molar refractivity (Wildman–Crippen MR) is 72.0 cm³/mol. The Kier molecular flexibility index (Phi) is 3.62. The van der Waals surface area contributed by atoms with Gasteiger partial charge in [-0.05, 0) is 18.6 Å². The van der Waals surface area contributed by atoms with Crippen LogP contribution in [0.4, 0.5) is 0 Å². The second-order valence-corrected chi connectivity index (χ2v) is 4.90. The summed E-state index contributed by atoms with van der Waals surface area (Å²) >= 11 is 6.12. The van der Waals surface area contributed by atoms with Crippen LogP contribution in [-0.4, -0.2) is 17.4 Å². The average molecular weight is 279 g/mol. The molecule has 2 rings (SSSR count). The second kappa shape index (κ2) is 5.05. The molecule has 0 aliphatic carbocycles. The van der Waals surface area contributed by atoms with Crippen LogP contribution in [0.1, 0.15) is 36.5 Å². The number of carboxylic acids is 1. The number of hydrogen-bond acceptors (Lipinski definition) is 2. The van der Waals surface area contributed by atoms with E-state index in [1.165, 1.54) is 0 Å². The van der Waals surface area contributed by atoms with Gasteiger partial charge in [0.15, 0.2) is 0 Å². The van der Waals surface area contributed by atoms with Gasteiger partial charge in [0.1, 0.15) is 6.29 Å². The summed E-state index contributed by atoms with van der Waals surface area (Å²) in [5.74, 6) is -1.44. The van der Waals surface area contributed by atoms with Gasteiger partial charge in [-0.15, -0.1) is 0 Å². The molecule has 1 aliphatic heterocycles. The Morgan fingerprint density at radius 1 is 1.53 bits per heavy atom. The quantitative estimate of drug-likeness (QED) is 0.864. The minimum Gasteiger partial charge on any atom is -0.478 e. The van der Waals surface area contributed by atoms with Crippen LogP contribution in [0.25, 0.3) is 5.57 Å². The number of allylic oxidation sites excluding steroid dienone is 1. The number of benzene rings is 1. The van der Waals surface area contributed by atoms with E-state index in [-0.39, 0.29) is 11.5 Å². The summed E-state index contributed by atoms with van der Waals surface area (Å²) in [4.78, 5) is 22.5. The number of halogens is 1. The summed E-state index contributed by atoms with van der Waals surface area (Å²) < 4.78 is 0. The molecule has 19 heavy (non-hydrogen) atoms. The maximum atomic E-state index is 11.5. The molecule has 1 aliphatic rings. The zero-order valence-electron chi connectivity index (χ0n) is 10.6. The molecule has 0 spiro atoms. The van der Waals surface area contributed by atoms with Crippen LogP contribution in [-0.2, 0) is 16.1 Å². The molecule has 1 N–H and O–H groups in total. The lowest BCUT2D eigenvalue weighted by atomic mass is 9.86. The number of fused-ring (bicyclic) bond motifs is 1. The first-order valence-corrected chi connectivity index (χ1v) is 6.23. The third kappa shape index (κ3) is 2.24. The van der Waals surface area contributed by atoms with Crippen molar-refractivity contribution in [1.29, 1.82) is 0 Å². The SMILES string of the molecule is CC1=C(C(=O)O)c2c(C(C)C=O)ccc(Cl)c2C[N]1. The third-order valence-electron chi connectivity index (χ3n) is 3.28. The first-order valence-electron chi connectivity index (χ1n) is 5.86. The molecule has 5 heteroatoms. The highest BCUT2D eigenvalue weighted by molar-refractivity contribution is 6.32. The molecule has 1 aromatic rings. The van der Waals surface area contributed by atoms with Crippen molar-refractivity contribution in [2.45, 2.75) is 26.3 Å². The van der Waals surface area contributed by atoms with Gasteiger partial charge in [0.2, 0.25) is 0 Å². The first-order chi connectivity index (χ1) is 8.97. The molecule has 0 saturated heterocycles. The van der Waals surface area contributed by atoms with E-state index in [0.717, 1.165) is 6.29 Å². The topological polar surface area (TPSA) is 68.5 Å². The van der Waals surface area contributed by atoms with Crippen molar-refractivity contribution in [3.05, 3.63) is 39.5 Å². The highest BCUT2D eigenvalue weighted by atomic mass is 35.5. The fourth-order valence-corrected chi connectivity index (χ4v) is 2.48. The number of aldehydes is 1. The Morgan fingerprint density at radius 3 is 2.79 bits per heavy atom. The van der Waals surface area contributed by atoms with Crippen LogP contribution in [0.5, 0.6) is 0 Å². The van der Waals surface area contributed by atoms with Gasteiger partial charge in [-0.25, -0.2) is 4.79 Å².